The summed E-state index contributed by atoms with van der Waals surface area (Å²) in [6, 6.07) is 15.7. The van der Waals surface area contributed by atoms with Crippen LogP contribution < -0.4 is 4.74 Å². The van der Waals surface area contributed by atoms with Crippen LogP contribution in [0.2, 0.25) is 0 Å². The Balaban J connectivity index is 1.93. The van der Waals surface area contributed by atoms with Gasteiger partial charge in [0, 0.05) is 14.9 Å². The summed E-state index contributed by atoms with van der Waals surface area (Å²) in [6.45, 7) is 0.688. The minimum absolute atomic E-state index is 0.0812. The second-order valence-electron chi connectivity index (χ2n) is 4.50. The molecule has 106 valence electrons. The predicted molar refractivity (Wildman–Crippen MR) is 88.2 cm³/mol. The molecule has 2 nitrogen and oxygen atoms in total. The Morgan fingerprint density at radius 1 is 1.05 bits per heavy atom. The molecule has 4 heteroatoms. The van der Waals surface area contributed by atoms with Crippen LogP contribution >= 0.6 is 31.9 Å². The van der Waals surface area contributed by atoms with E-state index in [-0.39, 0.29) is 12.5 Å². The molecule has 2 aromatic rings. The molecule has 0 amide bonds. The lowest BCUT2D eigenvalue weighted by molar-refractivity contribution is 0.229. The molecule has 0 aliphatic rings. The first-order valence-electron chi connectivity index (χ1n) is 6.44. The van der Waals surface area contributed by atoms with Crippen LogP contribution in [0, 0.1) is 0 Å². The number of rotatable bonds is 6. The Labute approximate surface area is 136 Å². The van der Waals surface area contributed by atoms with Gasteiger partial charge in [-0.2, -0.15) is 0 Å². The number of aliphatic hydroxyl groups excluding tert-OH is 1. The van der Waals surface area contributed by atoms with Crippen LogP contribution in [0.3, 0.4) is 0 Å². The van der Waals surface area contributed by atoms with Gasteiger partial charge in [-0.25, -0.2) is 0 Å². The molecule has 0 aliphatic heterocycles. The molecular weight excluding hydrogens is 384 g/mol. The topological polar surface area (TPSA) is 29.5 Å². The van der Waals surface area contributed by atoms with Gasteiger partial charge >= 0.3 is 0 Å². The molecule has 0 aliphatic carbocycles. The van der Waals surface area contributed by atoms with E-state index < -0.39 is 0 Å². The van der Waals surface area contributed by atoms with Gasteiger partial charge in [-0.1, -0.05) is 56.1 Å². The Bertz CT molecular complexity index is 558. The van der Waals surface area contributed by atoms with E-state index in [1.165, 1.54) is 0 Å². The Morgan fingerprint density at radius 3 is 2.55 bits per heavy atom. The van der Waals surface area contributed by atoms with Crippen molar-refractivity contribution in [1.82, 2.24) is 0 Å². The lowest BCUT2D eigenvalue weighted by Crippen LogP contribution is -2.10. The number of aliphatic hydroxyl groups is 1. The first-order chi connectivity index (χ1) is 9.70. The third-order valence-electron chi connectivity index (χ3n) is 3.10. The van der Waals surface area contributed by atoms with Crippen LogP contribution in [-0.4, -0.2) is 18.3 Å². The maximum Gasteiger partial charge on any atom is 0.120 e. The van der Waals surface area contributed by atoms with E-state index >= 15 is 0 Å². The smallest absolute Gasteiger partial charge is 0.120 e. The van der Waals surface area contributed by atoms with E-state index in [1.807, 2.05) is 48.5 Å². The van der Waals surface area contributed by atoms with Crippen molar-refractivity contribution in [3.63, 3.8) is 0 Å². The van der Waals surface area contributed by atoms with Crippen molar-refractivity contribution >= 4 is 31.9 Å². The zero-order chi connectivity index (χ0) is 14.4. The number of benzene rings is 2. The van der Waals surface area contributed by atoms with Crippen LogP contribution in [0.25, 0.3) is 0 Å². The molecule has 2 aromatic carbocycles. The minimum atomic E-state index is 0.0812. The molecule has 0 fully saturated rings. The average molecular weight is 400 g/mol. The van der Waals surface area contributed by atoms with Crippen molar-refractivity contribution < 1.29 is 9.84 Å². The highest BCUT2D eigenvalue weighted by molar-refractivity contribution is 9.10. The summed E-state index contributed by atoms with van der Waals surface area (Å²) < 4.78 is 7.75. The second-order valence-corrected chi connectivity index (χ2v) is 6.27. The van der Waals surface area contributed by atoms with Crippen molar-refractivity contribution in [3.05, 3.63) is 63.0 Å². The number of hydrogen-bond donors (Lipinski definition) is 1. The lowest BCUT2D eigenvalue weighted by Gasteiger charge is -2.16. The Morgan fingerprint density at radius 2 is 1.85 bits per heavy atom. The van der Waals surface area contributed by atoms with Gasteiger partial charge in [0.25, 0.3) is 0 Å². The van der Waals surface area contributed by atoms with Crippen molar-refractivity contribution in [3.8, 4) is 5.75 Å². The summed E-state index contributed by atoms with van der Waals surface area (Å²) in [5.41, 5.74) is 1.12. The zero-order valence-corrected chi connectivity index (χ0v) is 14.1. The molecule has 1 unspecified atom stereocenters. The molecule has 0 saturated heterocycles. The van der Waals surface area contributed by atoms with Gasteiger partial charge < -0.3 is 9.84 Å². The van der Waals surface area contributed by atoms with Crippen molar-refractivity contribution in [2.75, 3.05) is 13.2 Å². The normalized spacial score (nSPS) is 12.2. The van der Waals surface area contributed by atoms with Crippen molar-refractivity contribution in [1.29, 1.82) is 0 Å². The molecule has 0 radical (unpaired) electrons. The number of ether oxygens (including phenoxy) is 1. The summed E-state index contributed by atoms with van der Waals surface area (Å²) >= 11 is 6.94. The second kappa shape index (κ2) is 7.81. The van der Waals surface area contributed by atoms with Gasteiger partial charge in [-0.15, -0.1) is 0 Å². The summed E-state index contributed by atoms with van der Waals surface area (Å²) in [4.78, 5) is 0. The summed E-state index contributed by atoms with van der Waals surface area (Å²) in [6.07, 6.45) is 0.769. The summed E-state index contributed by atoms with van der Waals surface area (Å²) in [7, 11) is 0. The zero-order valence-electron chi connectivity index (χ0n) is 10.9. The van der Waals surface area contributed by atoms with E-state index in [0.29, 0.717) is 6.61 Å². The highest BCUT2D eigenvalue weighted by atomic mass is 79.9. The largest absolute Gasteiger partial charge is 0.494 e. The third-order valence-corrected chi connectivity index (χ3v) is 4.31. The maximum atomic E-state index is 9.56. The number of halogens is 2. The first kappa shape index (κ1) is 15.5. The average Bonchev–Trinajstić information content (AvgIpc) is 2.45. The third kappa shape index (κ3) is 4.33. The van der Waals surface area contributed by atoms with Crippen molar-refractivity contribution in [2.24, 2.45) is 0 Å². The molecular formula is C16H16Br2O2. The van der Waals surface area contributed by atoms with E-state index in [1.54, 1.807) is 0 Å². The fourth-order valence-electron chi connectivity index (χ4n) is 2.03. The van der Waals surface area contributed by atoms with Gasteiger partial charge in [0.1, 0.15) is 5.75 Å². The molecule has 0 aromatic heterocycles. The maximum absolute atomic E-state index is 9.56. The highest BCUT2D eigenvalue weighted by Gasteiger charge is 2.13. The monoisotopic (exact) mass is 398 g/mol. The van der Waals surface area contributed by atoms with Gasteiger partial charge in [-0.05, 0) is 36.2 Å². The van der Waals surface area contributed by atoms with Gasteiger partial charge in [0.05, 0.1) is 13.2 Å². The molecule has 0 bridgehead atoms. The highest BCUT2D eigenvalue weighted by Crippen LogP contribution is 2.27. The predicted octanol–water partition coefficient (Wildman–Crippen LogP) is 4.76. The standard InChI is InChI=1S/C16H16Br2O2/c17-13-4-3-5-14(10-13)20-9-8-12(11-19)15-6-1-2-7-16(15)18/h1-7,10,12,19H,8-9,11H2. The SMILES string of the molecule is OCC(CCOc1cccc(Br)c1)c1ccccc1Br. The van der Waals surface area contributed by atoms with Crippen LogP contribution in [0.5, 0.6) is 5.75 Å². The molecule has 1 atom stereocenters. The molecule has 1 N–H and O–H groups in total. The first-order valence-corrected chi connectivity index (χ1v) is 8.03. The molecule has 20 heavy (non-hydrogen) atoms. The lowest BCUT2D eigenvalue weighted by atomic mass is 9.97. The summed E-state index contributed by atoms with van der Waals surface area (Å²) in [5.74, 6) is 0.918. The Hall–Kier alpha value is -0.840. The van der Waals surface area contributed by atoms with Crippen LogP contribution in [0.1, 0.15) is 17.9 Å². The van der Waals surface area contributed by atoms with Gasteiger partial charge in [-0.3, -0.25) is 0 Å². The van der Waals surface area contributed by atoms with Crippen LogP contribution in [-0.2, 0) is 0 Å². The van der Waals surface area contributed by atoms with Gasteiger partial charge in [0.15, 0.2) is 0 Å². The molecule has 0 spiro atoms. The fourth-order valence-corrected chi connectivity index (χ4v) is 3.01. The van der Waals surface area contributed by atoms with Crippen molar-refractivity contribution in [2.45, 2.75) is 12.3 Å². The Kier molecular flexibility index (Phi) is 6.07. The minimum Gasteiger partial charge on any atom is -0.494 e. The van der Waals surface area contributed by atoms with Crippen LogP contribution in [0.15, 0.2) is 57.5 Å². The number of hydrogen-bond acceptors (Lipinski definition) is 2. The molecule has 2 rings (SSSR count). The van der Waals surface area contributed by atoms with E-state index in [4.69, 9.17) is 4.74 Å². The van der Waals surface area contributed by atoms with Crippen LogP contribution in [0.4, 0.5) is 0 Å². The van der Waals surface area contributed by atoms with Gasteiger partial charge in [0.2, 0.25) is 0 Å². The fraction of sp³-hybridized carbons (Fsp3) is 0.250. The molecule has 0 heterocycles. The van der Waals surface area contributed by atoms with E-state index in [9.17, 15) is 5.11 Å². The van der Waals surface area contributed by atoms with E-state index in [0.717, 1.165) is 26.7 Å². The summed E-state index contributed by atoms with van der Waals surface area (Å²) in [5, 5.41) is 9.56. The van der Waals surface area contributed by atoms with E-state index in [2.05, 4.69) is 31.9 Å². The molecule has 0 saturated carbocycles. The quantitative estimate of drug-likeness (QED) is 0.758.